The Hall–Kier alpha value is -3.20. The van der Waals surface area contributed by atoms with Crippen molar-refractivity contribution in [3.63, 3.8) is 0 Å². The maximum atomic E-state index is 13.2. The van der Waals surface area contributed by atoms with Crippen LogP contribution >= 0.6 is 12.2 Å². The van der Waals surface area contributed by atoms with Crippen molar-refractivity contribution in [3.05, 3.63) is 64.9 Å². The first-order valence-electron chi connectivity index (χ1n) is 9.86. The number of alkyl halides is 2. The van der Waals surface area contributed by atoms with Gasteiger partial charge in [-0.15, -0.1) is 0 Å². The molecule has 32 heavy (non-hydrogen) atoms. The minimum atomic E-state index is -2.98. The van der Waals surface area contributed by atoms with E-state index in [1.807, 2.05) is 43.0 Å². The third-order valence-corrected chi connectivity index (χ3v) is 5.42. The van der Waals surface area contributed by atoms with Crippen LogP contribution < -0.4 is 19.7 Å². The van der Waals surface area contributed by atoms with E-state index in [1.54, 1.807) is 26.2 Å². The fraction of sp³-hybridized carbons (Fsp3) is 0.304. The number of anilines is 1. The summed E-state index contributed by atoms with van der Waals surface area (Å²) in [5.41, 5.74) is 3.67. The van der Waals surface area contributed by atoms with Gasteiger partial charge in [-0.25, -0.2) is 0 Å². The van der Waals surface area contributed by atoms with Crippen molar-refractivity contribution >= 4 is 28.9 Å². The van der Waals surface area contributed by atoms with Crippen LogP contribution in [-0.2, 0) is 4.79 Å². The van der Waals surface area contributed by atoms with Crippen molar-refractivity contribution in [2.24, 2.45) is 0 Å². The van der Waals surface area contributed by atoms with E-state index in [2.05, 4.69) is 10.1 Å². The van der Waals surface area contributed by atoms with E-state index >= 15 is 0 Å². The second-order valence-corrected chi connectivity index (χ2v) is 7.93. The van der Waals surface area contributed by atoms with Crippen molar-refractivity contribution in [1.29, 1.82) is 0 Å². The van der Waals surface area contributed by atoms with E-state index in [0.717, 1.165) is 11.3 Å². The maximum Gasteiger partial charge on any atom is 0.387 e. The van der Waals surface area contributed by atoms with Crippen LogP contribution in [0.2, 0.25) is 0 Å². The lowest BCUT2D eigenvalue weighted by Gasteiger charge is -2.38. The molecule has 3 rings (SSSR count). The highest BCUT2D eigenvalue weighted by Gasteiger charge is 2.35. The summed E-state index contributed by atoms with van der Waals surface area (Å²) in [5.74, 6) is -0.162. The summed E-state index contributed by atoms with van der Waals surface area (Å²) in [6.07, 6.45) is 0. The van der Waals surface area contributed by atoms with Crippen LogP contribution in [0.15, 0.2) is 53.7 Å². The summed E-state index contributed by atoms with van der Waals surface area (Å²) in [5, 5.41) is 3.65. The summed E-state index contributed by atoms with van der Waals surface area (Å²) in [7, 11) is 4.70. The number of nitrogens with one attached hydrogen (secondary N) is 1. The van der Waals surface area contributed by atoms with Crippen molar-refractivity contribution in [2.45, 2.75) is 26.5 Å². The molecule has 1 heterocycles. The number of nitrogens with zero attached hydrogens (tertiary/aromatic N) is 2. The fourth-order valence-electron chi connectivity index (χ4n) is 3.65. The van der Waals surface area contributed by atoms with Crippen molar-refractivity contribution < 1.29 is 23.0 Å². The molecule has 0 saturated heterocycles. The molecule has 1 amide bonds. The Labute approximate surface area is 191 Å². The van der Waals surface area contributed by atoms with Crippen LogP contribution in [0.4, 0.5) is 14.5 Å². The number of benzene rings is 2. The van der Waals surface area contributed by atoms with Crippen LogP contribution in [0, 0.1) is 6.92 Å². The number of hydrogen-bond donors (Lipinski definition) is 1. The van der Waals surface area contributed by atoms with Gasteiger partial charge in [0.2, 0.25) is 0 Å². The molecule has 0 bridgehead atoms. The molecule has 0 saturated carbocycles. The number of ether oxygens (including phenoxy) is 2. The van der Waals surface area contributed by atoms with Gasteiger partial charge in [0, 0.05) is 25.5 Å². The number of aryl methyl sites for hydroxylation is 1. The summed E-state index contributed by atoms with van der Waals surface area (Å²) in [6.45, 7) is 0.837. The molecule has 1 aliphatic rings. The summed E-state index contributed by atoms with van der Waals surface area (Å²) in [6, 6.07) is 11.8. The first-order chi connectivity index (χ1) is 15.1. The molecule has 9 heteroatoms. The number of likely N-dealkylation sites (N-methyl/N-ethyl adjacent to an activating group) is 1. The topological polar surface area (TPSA) is 54.0 Å². The summed E-state index contributed by atoms with van der Waals surface area (Å²) >= 11 is 5.66. The quantitative estimate of drug-likeness (QED) is 0.644. The van der Waals surface area contributed by atoms with Crippen LogP contribution in [-0.4, -0.2) is 43.7 Å². The van der Waals surface area contributed by atoms with Crippen molar-refractivity contribution in [2.75, 3.05) is 26.1 Å². The molecule has 0 aromatic heterocycles. The van der Waals surface area contributed by atoms with Gasteiger partial charge in [0.25, 0.3) is 5.91 Å². The highest BCUT2D eigenvalue weighted by Crippen LogP contribution is 2.38. The largest absolute Gasteiger partial charge is 0.493 e. The lowest BCUT2D eigenvalue weighted by atomic mass is 9.93. The zero-order chi connectivity index (χ0) is 23.6. The Balaban J connectivity index is 2.14. The van der Waals surface area contributed by atoms with Gasteiger partial charge < -0.3 is 19.7 Å². The monoisotopic (exact) mass is 461 g/mol. The van der Waals surface area contributed by atoms with Crippen LogP contribution in [0.25, 0.3) is 0 Å². The molecular weight excluding hydrogens is 436 g/mol. The molecule has 1 atom stereocenters. The first-order valence-corrected chi connectivity index (χ1v) is 10.3. The predicted molar refractivity (Wildman–Crippen MR) is 123 cm³/mol. The number of thiocarbonyl (C=S) groups is 1. The van der Waals surface area contributed by atoms with Crippen LogP contribution in [0.1, 0.15) is 24.1 Å². The highest BCUT2D eigenvalue weighted by atomic mass is 32.1. The molecule has 0 spiro atoms. The van der Waals surface area contributed by atoms with E-state index in [4.69, 9.17) is 17.0 Å². The van der Waals surface area contributed by atoms with Gasteiger partial charge in [0.05, 0.1) is 18.7 Å². The molecule has 1 unspecified atom stereocenters. The lowest BCUT2D eigenvalue weighted by molar-refractivity contribution is -0.125. The Morgan fingerprint density at radius 1 is 1.16 bits per heavy atom. The maximum absolute atomic E-state index is 13.2. The van der Waals surface area contributed by atoms with E-state index in [0.29, 0.717) is 21.9 Å². The minimum Gasteiger partial charge on any atom is -0.493 e. The zero-order valence-electron chi connectivity index (χ0n) is 18.5. The molecule has 0 aliphatic carbocycles. The predicted octanol–water partition coefficient (Wildman–Crippen LogP) is 4.40. The number of amides is 1. The van der Waals surface area contributed by atoms with Gasteiger partial charge in [-0.2, -0.15) is 8.78 Å². The number of carbonyl (C=O) groups is 1. The highest BCUT2D eigenvalue weighted by molar-refractivity contribution is 7.80. The van der Waals surface area contributed by atoms with E-state index in [9.17, 15) is 13.6 Å². The molecule has 6 nitrogen and oxygen atoms in total. The Bertz CT molecular complexity index is 1070. The number of carbonyl (C=O) groups excluding carboxylic acids is 1. The first kappa shape index (κ1) is 23.5. The smallest absolute Gasteiger partial charge is 0.387 e. The lowest BCUT2D eigenvalue weighted by Crippen LogP contribution is -2.49. The molecular formula is C23H25F2N3O3S. The van der Waals surface area contributed by atoms with E-state index < -0.39 is 12.7 Å². The molecule has 0 radical (unpaired) electrons. The fourth-order valence-corrected chi connectivity index (χ4v) is 4.01. The second kappa shape index (κ2) is 9.52. The SMILES string of the molecule is COc1cc(C2NC(=S)N(c3cccc(C)c3)C(C)=C2C(=O)N(C)C)ccc1OC(F)F. The third kappa shape index (κ3) is 4.67. The second-order valence-electron chi connectivity index (χ2n) is 7.54. The van der Waals surface area contributed by atoms with Gasteiger partial charge in [0.1, 0.15) is 0 Å². The number of methoxy groups -OCH3 is 1. The summed E-state index contributed by atoms with van der Waals surface area (Å²) < 4.78 is 35.2. The Morgan fingerprint density at radius 3 is 2.47 bits per heavy atom. The third-order valence-electron chi connectivity index (χ3n) is 5.12. The van der Waals surface area contributed by atoms with E-state index in [-0.39, 0.29) is 17.4 Å². The number of hydrogen-bond acceptors (Lipinski definition) is 4. The molecule has 2 aromatic rings. The van der Waals surface area contributed by atoms with Gasteiger partial charge in [-0.3, -0.25) is 9.69 Å². The van der Waals surface area contributed by atoms with Gasteiger partial charge in [-0.1, -0.05) is 18.2 Å². The molecule has 2 aromatic carbocycles. The van der Waals surface area contributed by atoms with Crippen molar-refractivity contribution in [3.8, 4) is 11.5 Å². The number of rotatable bonds is 6. The van der Waals surface area contributed by atoms with Gasteiger partial charge in [0.15, 0.2) is 16.6 Å². The normalized spacial score (nSPS) is 16.2. The number of halogens is 2. The van der Waals surface area contributed by atoms with E-state index in [1.165, 1.54) is 18.1 Å². The standard InChI is InChI=1S/C23H25F2N3O3S/c1-13-7-6-8-16(11-13)28-14(2)19(21(29)27(3)4)20(26-23(28)32)15-9-10-17(31-22(24)25)18(12-15)30-5/h6-12,20,22H,1-5H3,(H,26,32). The van der Waals surface area contributed by atoms with Crippen molar-refractivity contribution in [1.82, 2.24) is 10.2 Å². The minimum absolute atomic E-state index is 0.0905. The Kier molecular flexibility index (Phi) is 6.98. The molecule has 0 fully saturated rings. The van der Waals surface area contributed by atoms with Crippen LogP contribution in [0.3, 0.4) is 0 Å². The Morgan fingerprint density at radius 2 is 1.88 bits per heavy atom. The average molecular weight is 462 g/mol. The number of allylic oxidation sites excluding steroid dienone is 1. The average Bonchev–Trinajstić information content (AvgIpc) is 2.73. The molecule has 170 valence electrons. The molecule has 1 N–H and O–H groups in total. The van der Waals surface area contributed by atoms with Gasteiger partial charge >= 0.3 is 6.61 Å². The zero-order valence-corrected chi connectivity index (χ0v) is 19.3. The van der Waals surface area contributed by atoms with Gasteiger partial charge in [-0.05, 0) is 61.5 Å². The molecule has 1 aliphatic heterocycles. The van der Waals surface area contributed by atoms with Crippen LogP contribution in [0.5, 0.6) is 11.5 Å². The summed E-state index contributed by atoms with van der Waals surface area (Å²) in [4.78, 5) is 16.5.